The van der Waals surface area contributed by atoms with Crippen LogP contribution in [0.3, 0.4) is 0 Å². The molecular formula is C44H46N4O2. The Morgan fingerprint density at radius 1 is 0.480 bits per heavy atom. The van der Waals surface area contributed by atoms with Crippen LogP contribution < -0.4 is 9.47 Å². The highest BCUT2D eigenvalue weighted by Crippen LogP contribution is 2.33. The summed E-state index contributed by atoms with van der Waals surface area (Å²) in [6, 6.07) is 29.4. The molecule has 5 aromatic rings. The van der Waals surface area contributed by atoms with Crippen molar-refractivity contribution in [3.63, 3.8) is 0 Å². The summed E-state index contributed by atoms with van der Waals surface area (Å²) in [6.07, 6.45) is 17.9. The highest BCUT2D eigenvalue weighted by Gasteiger charge is 2.14. The van der Waals surface area contributed by atoms with Crippen LogP contribution in [0.15, 0.2) is 84.9 Å². The van der Waals surface area contributed by atoms with Crippen molar-refractivity contribution in [2.24, 2.45) is 0 Å². The third-order valence-corrected chi connectivity index (χ3v) is 9.22. The predicted molar refractivity (Wildman–Crippen MR) is 209 cm³/mol. The van der Waals surface area contributed by atoms with Gasteiger partial charge in [0.1, 0.15) is 11.5 Å². The molecule has 0 radical (unpaired) electrons. The molecule has 0 atom stereocenters. The summed E-state index contributed by atoms with van der Waals surface area (Å²) in [5.41, 5.74) is 11.8. The maximum absolute atomic E-state index is 6.04. The van der Waals surface area contributed by atoms with E-state index in [9.17, 15) is 0 Å². The Labute approximate surface area is 295 Å². The fraction of sp³-hybridized carbons (Fsp3) is 0.273. The average Bonchev–Trinajstić information content (AvgIpc) is 3.97. The largest absolute Gasteiger partial charge is 0.494 e. The third-order valence-electron chi connectivity index (χ3n) is 9.22. The molecule has 0 amide bonds. The number of aromatic amines is 2. The number of H-pyrrole nitrogens is 2. The van der Waals surface area contributed by atoms with Gasteiger partial charge in [0.15, 0.2) is 0 Å². The molecule has 2 aromatic carbocycles. The lowest BCUT2D eigenvalue weighted by Crippen LogP contribution is -1.97. The molecule has 2 aliphatic heterocycles. The molecule has 0 aliphatic carbocycles. The zero-order valence-electron chi connectivity index (χ0n) is 29.2. The first kappa shape index (κ1) is 33.2. The van der Waals surface area contributed by atoms with Crippen molar-refractivity contribution in [3.8, 4) is 33.8 Å². The predicted octanol–water partition coefficient (Wildman–Crippen LogP) is 11.9. The van der Waals surface area contributed by atoms with E-state index in [0.717, 1.165) is 105 Å². The number of hydrogen-bond donors (Lipinski definition) is 2. The second kappa shape index (κ2) is 15.9. The minimum atomic E-state index is 0.743. The number of rotatable bonds is 14. The van der Waals surface area contributed by atoms with Crippen LogP contribution in [0.1, 0.15) is 88.0 Å². The molecule has 2 N–H and O–H groups in total. The van der Waals surface area contributed by atoms with Gasteiger partial charge in [-0.05, 0) is 109 Å². The van der Waals surface area contributed by atoms with E-state index in [-0.39, 0.29) is 0 Å². The third kappa shape index (κ3) is 7.92. The van der Waals surface area contributed by atoms with Crippen LogP contribution in [-0.2, 0) is 0 Å². The fourth-order valence-corrected chi connectivity index (χ4v) is 6.55. The van der Waals surface area contributed by atoms with Gasteiger partial charge in [-0.3, -0.25) is 0 Å². The molecule has 0 saturated carbocycles. The molecule has 6 nitrogen and oxygen atoms in total. The van der Waals surface area contributed by atoms with Gasteiger partial charge in [0.25, 0.3) is 0 Å². The fourth-order valence-electron chi connectivity index (χ4n) is 6.55. The van der Waals surface area contributed by atoms with E-state index in [4.69, 9.17) is 19.4 Å². The number of hydrogen-bond acceptors (Lipinski definition) is 4. The Kier molecular flexibility index (Phi) is 10.5. The van der Waals surface area contributed by atoms with Crippen molar-refractivity contribution in [1.82, 2.24) is 19.9 Å². The zero-order chi connectivity index (χ0) is 34.1. The standard InChI is InChI=1S/C44H46N4O2/c1-3-5-7-9-27-49-37-19-11-31(12-20-37)43-39-23-15-33(45-39)29-35-17-25-41(47-35)44(32-13-21-38(22-14-32)50-28-10-8-6-4-2)42-26-18-36(48-42)30-34-16-24-40(43)46-34/h11-26,29-30,45,48H,3-10,27-28H2,1-2H3. The molecule has 0 spiro atoms. The molecule has 5 heterocycles. The Hall–Kier alpha value is -5.36. The molecule has 7 rings (SSSR count). The van der Waals surface area contributed by atoms with Gasteiger partial charge in [-0.15, -0.1) is 0 Å². The van der Waals surface area contributed by atoms with Gasteiger partial charge in [-0.2, -0.15) is 0 Å². The summed E-state index contributed by atoms with van der Waals surface area (Å²) in [7, 11) is 0. The number of unbranched alkanes of at least 4 members (excludes halogenated alkanes) is 6. The quantitative estimate of drug-likeness (QED) is 0.114. The van der Waals surface area contributed by atoms with E-state index in [1.54, 1.807) is 0 Å². The lowest BCUT2D eigenvalue weighted by atomic mass is 10.0. The van der Waals surface area contributed by atoms with Gasteiger partial charge in [0.05, 0.1) is 36.0 Å². The van der Waals surface area contributed by atoms with E-state index < -0.39 is 0 Å². The molecular weight excluding hydrogens is 617 g/mol. The monoisotopic (exact) mass is 662 g/mol. The Morgan fingerprint density at radius 3 is 1.34 bits per heavy atom. The first-order chi connectivity index (χ1) is 24.7. The summed E-state index contributed by atoms with van der Waals surface area (Å²) >= 11 is 0. The van der Waals surface area contributed by atoms with Crippen LogP contribution in [0.4, 0.5) is 0 Å². The summed E-state index contributed by atoms with van der Waals surface area (Å²) in [4.78, 5) is 17.5. The minimum absolute atomic E-state index is 0.743. The van der Waals surface area contributed by atoms with E-state index in [2.05, 4.69) is 133 Å². The molecule has 0 unspecified atom stereocenters. The maximum atomic E-state index is 6.04. The Bertz CT molecular complexity index is 1980. The van der Waals surface area contributed by atoms with Crippen molar-refractivity contribution in [1.29, 1.82) is 0 Å². The van der Waals surface area contributed by atoms with Crippen LogP contribution in [-0.4, -0.2) is 33.1 Å². The number of aromatic nitrogens is 4. The molecule has 0 fully saturated rings. The summed E-state index contributed by atoms with van der Waals surface area (Å²) in [6.45, 7) is 5.94. The number of ether oxygens (including phenoxy) is 2. The average molecular weight is 663 g/mol. The normalized spacial score (nSPS) is 12.0. The summed E-state index contributed by atoms with van der Waals surface area (Å²) in [5, 5.41) is 0. The van der Waals surface area contributed by atoms with Crippen LogP contribution in [0.5, 0.6) is 11.5 Å². The minimum Gasteiger partial charge on any atom is -0.494 e. The van der Waals surface area contributed by atoms with Gasteiger partial charge in [-0.25, -0.2) is 9.97 Å². The van der Waals surface area contributed by atoms with Gasteiger partial charge >= 0.3 is 0 Å². The Morgan fingerprint density at radius 2 is 0.920 bits per heavy atom. The first-order valence-corrected chi connectivity index (χ1v) is 18.2. The van der Waals surface area contributed by atoms with Crippen molar-refractivity contribution >= 4 is 46.4 Å². The molecule has 0 saturated heterocycles. The van der Waals surface area contributed by atoms with Gasteiger partial charge < -0.3 is 19.4 Å². The number of nitrogens with one attached hydrogen (secondary N) is 2. The molecule has 3 aromatic heterocycles. The van der Waals surface area contributed by atoms with E-state index in [0.29, 0.717) is 0 Å². The van der Waals surface area contributed by atoms with E-state index in [1.165, 1.54) is 38.5 Å². The van der Waals surface area contributed by atoms with Crippen LogP contribution in [0, 0.1) is 0 Å². The second-order valence-electron chi connectivity index (χ2n) is 13.1. The van der Waals surface area contributed by atoms with Crippen molar-refractivity contribution in [3.05, 3.63) is 108 Å². The molecule has 254 valence electrons. The van der Waals surface area contributed by atoms with Crippen LogP contribution in [0.2, 0.25) is 0 Å². The molecule has 8 bridgehead atoms. The lowest BCUT2D eigenvalue weighted by Gasteiger charge is -2.08. The Balaban J connectivity index is 1.27. The maximum Gasteiger partial charge on any atom is 0.119 e. The van der Waals surface area contributed by atoms with Gasteiger partial charge in [-0.1, -0.05) is 76.6 Å². The number of benzene rings is 2. The number of nitrogens with zero attached hydrogens (tertiary/aromatic N) is 2. The van der Waals surface area contributed by atoms with Crippen molar-refractivity contribution in [2.45, 2.75) is 65.2 Å². The lowest BCUT2D eigenvalue weighted by molar-refractivity contribution is 0.305. The SMILES string of the molecule is CCCCCCOc1ccc(-c2c3nc(cc4ccc([nH]4)c(-c4ccc(OCCCCCC)cc4)c4nc(cc5ccc2[nH]5)C=C4)C=C3)cc1. The molecule has 2 aliphatic rings. The summed E-state index contributed by atoms with van der Waals surface area (Å²) < 4.78 is 12.1. The first-order valence-electron chi connectivity index (χ1n) is 18.2. The highest BCUT2D eigenvalue weighted by atomic mass is 16.5. The second-order valence-corrected chi connectivity index (χ2v) is 13.1. The molecule has 50 heavy (non-hydrogen) atoms. The van der Waals surface area contributed by atoms with Gasteiger partial charge in [0, 0.05) is 33.2 Å². The van der Waals surface area contributed by atoms with Gasteiger partial charge in [0.2, 0.25) is 0 Å². The zero-order valence-corrected chi connectivity index (χ0v) is 29.2. The number of fused-ring (bicyclic) bond motifs is 8. The summed E-state index contributed by atoms with van der Waals surface area (Å²) in [5.74, 6) is 1.78. The van der Waals surface area contributed by atoms with Crippen LogP contribution >= 0.6 is 0 Å². The smallest absolute Gasteiger partial charge is 0.119 e. The van der Waals surface area contributed by atoms with Crippen molar-refractivity contribution in [2.75, 3.05) is 13.2 Å². The highest BCUT2D eigenvalue weighted by molar-refractivity contribution is 5.93. The topological polar surface area (TPSA) is 75.8 Å². The van der Waals surface area contributed by atoms with E-state index in [1.807, 2.05) is 0 Å². The van der Waals surface area contributed by atoms with Crippen LogP contribution in [0.25, 0.3) is 68.6 Å². The van der Waals surface area contributed by atoms with E-state index >= 15 is 0 Å². The van der Waals surface area contributed by atoms with Crippen molar-refractivity contribution < 1.29 is 9.47 Å². The molecule has 6 heteroatoms.